The zero-order chi connectivity index (χ0) is 15.2. The van der Waals surface area contributed by atoms with E-state index in [1.54, 1.807) is 30.3 Å². The predicted octanol–water partition coefficient (Wildman–Crippen LogP) is 2.92. The topological polar surface area (TPSA) is 63.6 Å². The zero-order valence-electron chi connectivity index (χ0n) is 11.0. The van der Waals surface area contributed by atoms with E-state index in [0.717, 1.165) is 0 Å². The van der Waals surface area contributed by atoms with Crippen LogP contribution in [0.25, 0.3) is 0 Å². The highest BCUT2D eigenvalue weighted by molar-refractivity contribution is 6.02. The van der Waals surface area contributed by atoms with E-state index < -0.39 is 18.0 Å². The molecule has 1 N–H and O–H groups in total. The number of rotatable bonds is 4. The van der Waals surface area contributed by atoms with Gasteiger partial charge in [0.25, 0.3) is 0 Å². The summed E-state index contributed by atoms with van der Waals surface area (Å²) in [6.45, 7) is 0. The molecule has 0 aliphatic rings. The van der Waals surface area contributed by atoms with E-state index in [9.17, 15) is 9.59 Å². The first-order valence-electron chi connectivity index (χ1n) is 6.18. The molecule has 0 fully saturated rings. The van der Waals surface area contributed by atoms with Gasteiger partial charge >= 0.3 is 11.9 Å². The predicted molar refractivity (Wildman–Crippen MR) is 76.8 cm³/mol. The number of carbonyl (C=O) groups excluding carboxylic acids is 1. The highest BCUT2D eigenvalue weighted by Crippen LogP contribution is 2.19. The molecule has 2 aromatic carbocycles. The van der Waals surface area contributed by atoms with Crippen LogP contribution in [0.2, 0.25) is 0 Å². The summed E-state index contributed by atoms with van der Waals surface area (Å²) < 4.78 is 5.22. The molecule has 0 aromatic heterocycles. The molecule has 4 heteroatoms. The molecular weight excluding hydrogens is 268 g/mol. The minimum atomic E-state index is -1.19. The van der Waals surface area contributed by atoms with Crippen molar-refractivity contribution >= 4 is 11.9 Å². The van der Waals surface area contributed by atoms with Crippen molar-refractivity contribution in [3.63, 3.8) is 0 Å². The van der Waals surface area contributed by atoms with Gasteiger partial charge in [0.05, 0.1) is 11.1 Å². The van der Waals surface area contributed by atoms with Gasteiger partial charge < -0.3 is 9.84 Å². The number of hydrogen-bond acceptors (Lipinski definition) is 3. The van der Waals surface area contributed by atoms with Gasteiger partial charge in [0.15, 0.2) is 6.10 Å². The van der Waals surface area contributed by atoms with Gasteiger partial charge in [0.1, 0.15) is 0 Å². The van der Waals surface area contributed by atoms with Crippen LogP contribution in [0.3, 0.4) is 0 Å². The molecule has 0 unspecified atom stereocenters. The number of carboxylic acids is 1. The molecule has 4 nitrogen and oxygen atoms in total. The van der Waals surface area contributed by atoms with Gasteiger partial charge in [-0.2, -0.15) is 0 Å². The van der Waals surface area contributed by atoms with Crippen molar-refractivity contribution in [2.45, 2.75) is 6.10 Å². The Balaban J connectivity index is 2.26. The Labute approximate surface area is 122 Å². The first kappa shape index (κ1) is 14.4. The normalized spacial score (nSPS) is 11.2. The molecule has 0 saturated heterocycles. The number of carboxylic acid groups (broad SMARTS) is 1. The molecule has 0 amide bonds. The van der Waals surface area contributed by atoms with E-state index >= 15 is 0 Å². The Morgan fingerprint density at radius 3 is 2.14 bits per heavy atom. The minimum Gasteiger partial charge on any atom is -0.478 e. The Bertz CT molecular complexity index is 698. The lowest BCUT2D eigenvalue weighted by molar-refractivity contribution is 0.0400. The van der Waals surface area contributed by atoms with Crippen LogP contribution in [0.1, 0.15) is 32.4 Å². The van der Waals surface area contributed by atoms with E-state index in [0.29, 0.717) is 5.56 Å². The van der Waals surface area contributed by atoms with Gasteiger partial charge in [-0.1, -0.05) is 48.4 Å². The maximum absolute atomic E-state index is 12.1. The number of esters is 1. The Morgan fingerprint density at radius 2 is 1.57 bits per heavy atom. The number of carbonyl (C=O) groups is 2. The lowest BCUT2D eigenvalue weighted by Gasteiger charge is -2.13. The van der Waals surface area contributed by atoms with E-state index in [1.165, 1.54) is 18.2 Å². The number of hydrogen-bond donors (Lipinski definition) is 1. The smallest absolute Gasteiger partial charge is 0.340 e. The first-order valence-corrected chi connectivity index (χ1v) is 6.18. The van der Waals surface area contributed by atoms with E-state index in [-0.39, 0.29) is 11.1 Å². The molecule has 0 heterocycles. The molecule has 0 saturated carbocycles. The highest BCUT2D eigenvalue weighted by atomic mass is 16.5. The maximum Gasteiger partial charge on any atom is 0.340 e. The van der Waals surface area contributed by atoms with E-state index in [1.807, 2.05) is 6.07 Å². The van der Waals surface area contributed by atoms with Gasteiger partial charge in [-0.05, 0) is 12.1 Å². The largest absolute Gasteiger partial charge is 0.478 e. The van der Waals surface area contributed by atoms with Crippen LogP contribution in [0.5, 0.6) is 0 Å². The van der Waals surface area contributed by atoms with Crippen LogP contribution in [0, 0.1) is 12.3 Å². The second kappa shape index (κ2) is 6.40. The summed E-state index contributed by atoms with van der Waals surface area (Å²) in [5.74, 6) is 0.418. The summed E-state index contributed by atoms with van der Waals surface area (Å²) >= 11 is 0. The van der Waals surface area contributed by atoms with Gasteiger partial charge in [-0.3, -0.25) is 0 Å². The molecule has 2 aromatic rings. The molecule has 0 spiro atoms. The van der Waals surface area contributed by atoms with Crippen LogP contribution < -0.4 is 0 Å². The molecular formula is C17H12O4. The Morgan fingerprint density at radius 1 is 1.00 bits per heavy atom. The number of ether oxygens (including phenoxy) is 1. The maximum atomic E-state index is 12.1. The minimum absolute atomic E-state index is 0.0267. The van der Waals surface area contributed by atoms with Gasteiger partial charge in [0.2, 0.25) is 0 Å². The second-order valence-electron chi connectivity index (χ2n) is 4.21. The summed E-state index contributed by atoms with van der Waals surface area (Å²) in [4.78, 5) is 23.2. The fourth-order valence-corrected chi connectivity index (χ4v) is 1.84. The molecule has 0 radical (unpaired) electrons. The molecule has 1 atom stereocenters. The summed E-state index contributed by atoms with van der Waals surface area (Å²) in [6.07, 6.45) is 4.52. The lowest BCUT2D eigenvalue weighted by Crippen LogP contribution is -2.14. The third-order valence-electron chi connectivity index (χ3n) is 2.86. The number of benzene rings is 2. The van der Waals surface area contributed by atoms with Crippen LogP contribution in [0.4, 0.5) is 0 Å². The third kappa shape index (κ3) is 3.28. The van der Waals surface area contributed by atoms with E-state index in [2.05, 4.69) is 5.92 Å². The Hall–Kier alpha value is -3.06. The van der Waals surface area contributed by atoms with Crippen molar-refractivity contribution in [2.75, 3.05) is 0 Å². The van der Waals surface area contributed by atoms with Gasteiger partial charge in [-0.15, -0.1) is 6.42 Å². The molecule has 0 aliphatic carbocycles. The highest BCUT2D eigenvalue weighted by Gasteiger charge is 2.20. The molecule has 0 aliphatic heterocycles. The van der Waals surface area contributed by atoms with Crippen molar-refractivity contribution < 1.29 is 19.4 Å². The molecule has 104 valence electrons. The van der Waals surface area contributed by atoms with E-state index in [4.69, 9.17) is 16.3 Å². The fourth-order valence-electron chi connectivity index (χ4n) is 1.84. The number of terminal acetylenes is 1. The molecule has 21 heavy (non-hydrogen) atoms. The Kier molecular flexibility index (Phi) is 4.37. The zero-order valence-corrected chi connectivity index (χ0v) is 11.0. The quantitative estimate of drug-likeness (QED) is 0.691. The van der Waals surface area contributed by atoms with Crippen molar-refractivity contribution in [1.29, 1.82) is 0 Å². The van der Waals surface area contributed by atoms with Gasteiger partial charge in [0, 0.05) is 5.56 Å². The van der Waals surface area contributed by atoms with Crippen LogP contribution in [0.15, 0.2) is 54.6 Å². The summed E-state index contributed by atoms with van der Waals surface area (Å²) in [5.41, 5.74) is 0.508. The lowest BCUT2D eigenvalue weighted by atomic mass is 10.1. The third-order valence-corrected chi connectivity index (χ3v) is 2.86. The average molecular weight is 280 g/mol. The second-order valence-corrected chi connectivity index (χ2v) is 4.21. The van der Waals surface area contributed by atoms with Crippen molar-refractivity contribution in [3.8, 4) is 12.3 Å². The molecule has 0 bridgehead atoms. The van der Waals surface area contributed by atoms with Crippen molar-refractivity contribution in [1.82, 2.24) is 0 Å². The summed E-state index contributed by atoms with van der Waals surface area (Å²) in [7, 11) is 0. The first-order chi connectivity index (χ1) is 10.1. The summed E-state index contributed by atoms with van der Waals surface area (Å²) in [5, 5.41) is 9.07. The SMILES string of the molecule is C#C[C@@H](OC(=O)c1ccccc1C(=O)O)c1ccccc1. The van der Waals surface area contributed by atoms with Gasteiger partial charge in [-0.25, -0.2) is 9.59 Å². The van der Waals surface area contributed by atoms with Crippen LogP contribution in [-0.2, 0) is 4.74 Å². The fraction of sp³-hybridized carbons (Fsp3) is 0.0588. The standard InChI is InChI=1S/C17H12O4/c1-2-15(12-8-4-3-5-9-12)21-17(20)14-11-7-6-10-13(14)16(18)19/h1,3-11,15H,(H,18,19)/t15-/m1/s1. The average Bonchev–Trinajstić information content (AvgIpc) is 2.53. The van der Waals surface area contributed by atoms with Crippen molar-refractivity contribution in [3.05, 3.63) is 71.3 Å². The van der Waals surface area contributed by atoms with Crippen molar-refractivity contribution in [2.24, 2.45) is 0 Å². The number of aromatic carboxylic acids is 1. The molecule has 2 rings (SSSR count). The van der Waals surface area contributed by atoms with Crippen LogP contribution >= 0.6 is 0 Å². The monoisotopic (exact) mass is 280 g/mol. The summed E-state index contributed by atoms with van der Waals surface area (Å²) in [6, 6.07) is 14.7. The van der Waals surface area contributed by atoms with Crippen LogP contribution in [-0.4, -0.2) is 17.0 Å².